The maximum Gasteiger partial charge on any atom is 0.0491 e. The quantitative estimate of drug-likeness (QED) is 0.0913. The average Bonchev–Trinajstić information content (AvgIpc) is 3.50. The molecule has 0 saturated heterocycles. The van der Waals surface area contributed by atoms with Gasteiger partial charge in [-0.05, 0) is 49.9 Å². The van der Waals surface area contributed by atoms with Crippen LogP contribution in [0.15, 0.2) is 97.1 Å². The molecule has 6 rings (SSSR count). The third-order valence-corrected chi connectivity index (χ3v) is 9.01. The van der Waals surface area contributed by atoms with E-state index in [1.807, 2.05) is 0 Å². The number of alkyl halides is 2. The molecule has 0 saturated carbocycles. The first kappa shape index (κ1) is 29.0. The van der Waals surface area contributed by atoms with Crippen molar-refractivity contribution in [3.05, 3.63) is 97.1 Å². The number of benzene rings is 4. The number of para-hydroxylation sites is 4. The van der Waals surface area contributed by atoms with Crippen LogP contribution in [0.25, 0.3) is 43.6 Å². The zero-order valence-electron chi connectivity index (χ0n) is 23.4. The lowest BCUT2D eigenvalue weighted by molar-refractivity contribution is 0.605. The first-order chi connectivity index (χ1) is 19.8. The Morgan fingerprint density at radius 3 is 0.925 bits per heavy atom. The minimum Gasteiger partial charge on any atom is -0.340 e. The molecule has 2 heterocycles. The summed E-state index contributed by atoms with van der Waals surface area (Å²) in [4.78, 5) is 0. The predicted molar refractivity (Wildman–Crippen MR) is 183 cm³/mol. The van der Waals surface area contributed by atoms with Crippen molar-refractivity contribution in [2.75, 3.05) is 10.7 Å². The minimum absolute atomic E-state index is 1.12. The number of hydrogen-bond acceptors (Lipinski definition) is 0. The van der Waals surface area contributed by atoms with Gasteiger partial charge in [-0.15, -0.1) is 0 Å². The molecule has 0 spiro atoms. The molecule has 0 N–H and O–H groups in total. The second kappa shape index (κ2) is 14.9. The van der Waals surface area contributed by atoms with Crippen LogP contribution in [-0.4, -0.2) is 19.8 Å². The van der Waals surface area contributed by atoms with Gasteiger partial charge in [-0.2, -0.15) is 0 Å². The van der Waals surface area contributed by atoms with Gasteiger partial charge >= 0.3 is 0 Å². The summed E-state index contributed by atoms with van der Waals surface area (Å²) in [6.45, 7) is 2.24. The number of halogens is 2. The zero-order valence-corrected chi connectivity index (χ0v) is 26.5. The highest BCUT2D eigenvalue weighted by Gasteiger charge is 2.10. The fourth-order valence-electron chi connectivity index (χ4n) is 5.92. The zero-order chi connectivity index (χ0) is 27.6. The van der Waals surface area contributed by atoms with E-state index in [1.54, 1.807) is 0 Å². The Balaban J connectivity index is 0.000000161. The van der Waals surface area contributed by atoms with Gasteiger partial charge in [0.2, 0.25) is 0 Å². The monoisotopic (exact) mass is 658 g/mol. The summed E-state index contributed by atoms with van der Waals surface area (Å²) in [7, 11) is 0. The molecule has 0 aliphatic heterocycles. The lowest BCUT2D eigenvalue weighted by atomic mass is 10.2. The normalized spacial score (nSPS) is 11.4. The van der Waals surface area contributed by atoms with Gasteiger partial charge in [-0.1, -0.05) is 130 Å². The highest BCUT2D eigenvalue weighted by Crippen LogP contribution is 2.30. The molecule has 0 fully saturated rings. The molecule has 0 aliphatic carbocycles. The Morgan fingerprint density at radius 1 is 0.350 bits per heavy atom. The summed E-state index contributed by atoms with van der Waals surface area (Å²) in [5.74, 6) is 0. The average molecular weight is 661 g/mol. The maximum atomic E-state index is 3.50. The number of fused-ring (bicyclic) bond motifs is 6. The first-order valence-electron chi connectivity index (χ1n) is 14.9. The Morgan fingerprint density at radius 2 is 0.625 bits per heavy atom. The van der Waals surface area contributed by atoms with Gasteiger partial charge in [-0.3, -0.25) is 0 Å². The van der Waals surface area contributed by atoms with Gasteiger partial charge < -0.3 is 9.13 Å². The van der Waals surface area contributed by atoms with Crippen LogP contribution in [0, 0.1) is 0 Å². The van der Waals surface area contributed by atoms with Crippen LogP contribution in [0.5, 0.6) is 0 Å². The SMILES string of the molecule is BrCCCCCCn1c2ccccc2c2ccccc21.BrCCCCCCn1c2ccccc2c2ccccc21. The van der Waals surface area contributed by atoms with Gasteiger partial charge in [0.15, 0.2) is 0 Å². The molecule has 0 bridgehead atoms. The molecule has 2 nitrogen and oxygen atoms in total. The Hall–Kier alpha value is -2.56. The van der Waals surface area contributed by atoms with E-state index < -0.39 is 0 Å². The van der Waals surface area contributed by atoms with Crippen molar-refractivity contribution in [3.8, 4) is 0 Å². The van der Waals surface area contributed by atoms with Crippen molar-refractivity contribution in [2.45, 2.75) is 64.5 Å². The number of rotatable bonds is 12. The molecule has 6 aromatic rings. The molecule has 0 aliphatic rings. The summed E-state index contributed by atoms with van der Waals surface area (Å²) in [5, 5.41) is 7.77. The lowest BCUT2D eigenvalue weighted by Crippen LogP contribution is -1.97. The smallest absolute Gasteiger partial charge is 0.0491 e. The molecule has 208 valence electrons. The summed E-state index contributed by atoms with van der Waals surface area (Å²) >= 11 is 7.00. The van der Waals surface area contributed by atoms with E-state index >= 15 is 0 Å². The van der Waals surface area contributed by atoms with E-state index in [1.165, 1.54) is 95.0 Å². The predicted octanol–water partition coefficient (Wildman–Crippen LogP) is 11.5. The Kier molecular flexibility index (Phi) is 10.8. The van der Waals surface area contributed by atoms with Crippen molar-refractivity contribution >= 4 is 75.5 Å². The molecule has 0 atom stereocenters. The van der Waals surface area contributed by atoms with Crippen molar-refractivity contribution in [2.24, 2.45) is 0 Å². The van der Waals surface area contributed by atoms with E-state index in [0.29, 0.717) is 0 Å². The van der Waals surface area contributed by atoms with Crippen molar-refractivity contribution in [1.29, 1.82) is 0 Å². The van der Waals surface area contributed by atoms with Gasteiger partial charge in [0.1, 0.15) is 0 Å². The van der Waals surface area contributed by atoms with Crippen LogP contribution in [-0.2, 0) is 13.1 Å². The van der Waals surface area contributed by atoms with Crippen LogP contribution in [0.2, 0.25) is 0 Å². The van der Waals surface area contributed by atoms with E-state index in [0.717, 1.165) is 23.7 Å². The van der Waals surface area contributed by atoms with E-state index in [4.69, 9.17) is 0 Å². The molecule has 0 amide bonds. The molecular formula is C36H40Br2N2. The summed E-state index contributed by atoms with van der Waals surface area (Å²) in [6, 6.07) is 35.0. The first-order valence-corrected chi connectivity index (χ1v) is 17.1. The van der Waals surface area contributed by atoms with Gasteiger partial charge in [0.25, 0.3) is 0 Å². The van der Waals surface area contributed by atoms with Crippen molar-refractivity contribution in [3.63, 3.8) is 0 Å². The maximum absolute atomic E-state index is 3.50. The highest BCUT2D eigenvalue weighted by molar-refractivity contribution is 9.09. The number of nitrogens with zero attached hydrogens (tertiary/aromatic N) is 2. The van der Waals surface area contributed by atoms with Crippen LogP contribution in [0.3, 0.4) is 0 Å². The van der Waals surface area contributed by atoms with Crippen LogP contribution >= 0.6 is 31.9 Å². The molecule has 4 heteroatoms. The summed E-state index contributed by atoms with van der Waals surface area (Å²) in [6.07, 6.45) is 10.4. The van der Waals surface area contributed by atoms with Gasteiger partial charge in [-0.25, -0.2) is 0 Å². The van der Waals surface area contributed by atoms with Gasteiger partial charge in [0.05, 0.1) is 0 Å². The number of aryl methyl sites for hydroxylation is 2. The number of hydrogen-bond donors (Lipinski definition) is 0. The van der Waals surface area contributed by atoms with Crippen molar-refractivity contribution < 1.29 is 0 Å². The fraction of sp³-hybridized carbons (Fsp3) is 0.333. The Bertz CT molecular complexity index is 1410. The molecular weight excluding hydrogens is 620 g/mol. The van der Waals surface area contributed by atoms with Crippen molar-refractivity contribution in [1.82, 2.24) is 9.13 Å². The topological polar surface area (TPSA) is 9.86 Å². The second-order valence-electron chi connectivity index (χ2n) is 10.6. The van der Waals surface area contributed by atoms with E-state index in [9.17, 15) is 0 Å². The minimum atomic E-state index is 1.12. The van der Waals surface area contributed by atoms with E-state index in [2.05, 4.69) is 138 Å². The summed E-state index contributed by atoms with van der Waals surface area (Å²) in [5.41, 5.74) is 5.48. The third kappa shape index (κ3) is 6.66. The van der Waals surface area contributed by atoms with E-state index in [-0.39, 0.29) is 0 Å². The van der Waals surface area contributed by atoms with Crippen LogP contribution in [0.4, 0.5) is 0 Å². The van der Waals surface area contributed by atoms with Crippen LogP contribution < -0.4 is 0 Å². The Labute approximate surface area is 255 Å². The second-order valence-corrected chi connectivity index (χ2v) is 12.2. The number of unbranched alkanes of at least 4 members (excludes halogenated alkanes) is 6. The molecule has 40 heavy (non-hydrogen) atoms. The molecule has 2 aromatic heterocycles. The lowest BCUT2D eigenvalue weighted by Gasteiger charge is -2.07. The highest BCUT2D eigenvalue weighted by atomic mass is 79.9. The number of aromatic nitrogens is 2. The largest absolute Gasteiger partial charge is 0.340 e. The van der Waals surface area contributed by atoms with Gasteiger partial charge in [0, 0.05) is 67.4 Å². The molecule has 0 unspecified atom stereocenters. The molecule has 0 radical (unpaired) electrons. The molecule has 4 aromatic carbocycles. The van der Waals surface area contributed by atoms with Crippen LogP contribution in [0.1, 0.15) is 51.4 Å². The summed E-state index contributed by atoms with van der Waals surface area (Å²) < 4.78 is 4.97. The standard InChI is InChI=1S/2C18H20BrN/c2*19-13-7-1-2-8-14-20-17-11-5-3-9-15(17)16-10-4-6-12-18(16)20/h2*3-6,9-12H,1-2,7-8,13-14H2. The fourth-order valence-corrected chi connectivity index (χ4v) is 6.72. The third-order valence-electron chi connectivity index (χ3n) is 7.89.